The van der Waals surface area contributed by atoms with Crippen LogP contribution in [0.2, 0.25) is 0 Å². The van der Waals surface area contributed by atoms with Crippen LogP contribution >= 0.6 is 0 Å². The van der Waals surface area contributed by atoms with Crippen molar-refractivity contribution in [2.75, 3.05) is 4.90 Å². The van der Waals surface area contributed by atoms with E-state index in [-0.39, 0.29) is 17.6 Å². The van der Waals surface area contributed by atoms with Crippen molar-refractivity contribution < 1.29 is 23.8 Å². The van der Waals surface area contributed by atoms with Crippen molar-refractivity contribution in [3.63, 3.8) is 0 Å². The lowest BCUT2D eigenvalue weighted by atomic mass is 10.1. The highest BCUT2D eigenvalue weighted by molar-refractivity contribution is 6.35. The summed E-state index contributed by atoms with van der Waals surface area (Å²) < 4.78 is 18.7. The largest absolute Gasteiger partial charge is 0.457 e. The van der Waals surface area contributed by atoms with Gasteiger partial charge in [-0.2, -0.15) is 5.10 Å². The Morgan fingerprint density at radius 2 is 1.50 bits per heavy atom. The van der Waals surface area contributed by atoms with Crippen LogP contribution in [0.25, 0.3) is 10.9 Å². The summed E-state index contributed by atoms with van der Waals surface area (Å²) >= 11 is 0. The van der Waals surface area contributed by atoms with Gasteiger partial charge in [0.05, 0.1) is 22.0 Å². The topological polar surface area (TPSA) is 76.5 Å². The lowest BCUT2D eigenvalue weighted by Crippen LogP contribution is -2.33. The zero-order chi connectivity index (χ0) is 19.3. The first-order chi connectivity index (χ1) is 13.6. The minimum absolute atomic E-state index is 0.340. The van der Waals surface area contributed by atoms with E-state index in [0.29, 0.717) is 39.3 Å². The summed E-state index contributed by atoms with van der Waals surface area (Å²) in [4.78, 5) is 26.5. The van der Waals surface area contributed by atoms with Gasteiger partial charge in [-0.3, -0.25) is 0 Å². The van der Waals surface area contributed by atoms with E-state index in [2.05, 4.69) is 10.2 Å². The third-order valence-corrected chi connectivity index (χ3v) is 4.63. The molecule has 28 heavy (non-hydrogen) atoms. The molecule has 2 amide bonds. The Labute approximate surface area is 158 Å². The number of ether oxygens (including phenoxy) is 1. The molecule has 0 saturated carbocycles. The predicted octanol–water partition coefficient (Wildman–Crippen LogP) is 3.71. The van der Waals surface area contributed by atoms with Crippen LogP contribution in [0.4, 0.5) is 10.2 Å². The highest BCUT2D eigenvalue weighted by Gasteiger charge is 2.45. The van der Waals surface area contributed by atoms with Crippen molar-refractivity contribution in [2.45, 2.75) is 0 Å². The molecule has 1 aromatic heterocycles. The molecule has 0 bridgehead atoms. The number of nitrogens with one attached hydrogen (secondary N) is 2. The minimum Gasteiger partial charge on any atom is -0.457 e. The number of imide groups is 1. The minimum atomic E-state index is -0.371. The van der Waals surface area contributed by atoms with Gasteiger partial charge in [0.2, 0.25) is 0 Å². The third-order valence-electron chi connectivity index (χ3n) is 4.63. The van der Waals surface area contributed by atoms with E-state index in [1.165, 1.54) is 24.3 Å². The molecule has 1 aliphatic heterocycles. The monoisotopic (exact) mass is 374 g/mol. The summed E-state index contributed by atoms with van der Waals surface area (Å²) in [6, 6.07) is 17.6. The van der Waals surface area contributed by atoms with Crippen LogP contribution in [-0.4, -0.2) is 16.9 Å². The molecule has 6 nitrogen and oxygen atoms in total. The van der Waals surface area contributed by atoms with Gasteiger partial charge in [-0.05, 0) is 48.5 Å². The van der Waals surface area contributed by atoms with Gasteiger partial charge >= 0.3 is 17.6 Å². The molecule has 0 radical (unpaired) electrons. The van der Waals surface area contributed by atoms with E-state index in [1.54, 1.807) is 42.5 Å². The summed E-state index contributed by atoms with van der Waals surface area (Å²) in [6.45, 7) is 0. The molecule has 0 unspecified atom stereocenters. The Morgan fingerprint density at radius 3 is 2.18 bits per heavy atom. The van der Waals surface area contributed by atoms with Crippen molar-refractivity contribution in [3.05, 3.63) is 83.7 Å². The number of anilines is 1. The maximum atomic E-state index is 13.0. The van der Waals surface area contributed by atoms with E-state index in [0.717, 1.165) is 4.90 Å². The Morgan fingerprint density at radius 1 is 0.857 bits per heavy atom. The predicted molar refractivity (Wildman–Crippen MR) is 98.9 cm³/mol. The summed E-state index contributed by atoms with van der Waals surface area (Å²) in [5, 5.41) is 6.53. The molecule has 4 aromatic rings. The number of benzene rings is 3. The molecule has 3 aromatic carbocycles. The number of carbonyl (C=O) groups is 2. The number of aromatic nitrogens is 2. The molecule has 2 N–H and O–H groups in total. The lowest BCUT2D eigenvalue weighted by molar-refractivity contribution is -0.432. The van der Waals surface area contributed by atoms with Crippen LogP contribution in [0, 0.1) is 5.82 Å². The van der Waals surface area contributed by atoms with E-state index in [4.69, 9.17) is 4.74 Å². The van der Waals surface area contributed by atoms with E-state index < -0.39 is 0 Å². The van der Waals surface area contributed by atoms with Crippen molar-refractivity contribution in [1.29, 1.82) is 0 Å². The van der Waals surface area contributed by atoms with Crippen LogP contribution in [0.15, 0.2) is 66.7 Å². The second-order valence-corrected chi connectivity index (χ2v) is 6.35. The third kappa shape index (κ3) is 2.44. The van der Waals surface area contributed by atoms with Gasteiger partial charge in [-0.15, -0.1) is 4.90 Å². The highest BCUT2D eigenvalue weighted by atomic mass is 19.1. The molecule has 136 valence electrons. The van der Waals surface area contributed by atoms with Gasteiger partial charge in [0, 0.05) is 6.07 Å². The standard InChI is InChI=1S/C21H12FN3O3/c22-12-5-7-13(8-6-12)28-14-9-10-17-18(11-14)23-24-19(17)25-20(26)15-3-1-2-4-16(15)21(25)27/h1-11H,(H,23,24)/p+1. The second-order valence-electron chi connectivity index (χ2n) is 6.35. The number of rotatable bonds is 3. The normalized spacial score (nSPS) is 13.2. The van der Waals surface area contributed by atoms with E-state index in [1.807, 2.05) is 0 Å². The number of nitrogens with zero attached hydrogens (tertiary/aromatic N) is 1. The maximum Gasteiger partial charge on any atom is 0.350 e. The van der Waals surface area contributed by atoms with Crippen LogP contribution in [0.3, 0.4) is 0 Å². The summed E-state index contributed by atoms with van der Waals surface area (Å²) in [6.07, 6.45) is 0. The molecule has 0 aliphatic carbocycles. The molecule has 5 rings (SSSR count). The van der Waals surface area contributed by atoms with Crippen molar-refractivity contribution in [1.82, 2.24) is 5.10 Å². The molecule has 7 heteroatoms. The number of H-pyrrole nitrogens is 2. The smallest absolute Gasteiger partial charge is 0.350 e. The first kappa shape index (κ1) is 16.2. The Hall–Kier alpha value is -4.00. The van der Waals surface area contributed by atoms with Crippen LogP contribution < -0.4 is 14.7 Å². The van der Waals surface area contributed by atoms with Gasteiger partial charge in [-0.1, -0.05) is 12.1 Å². The Bertz CT molecular complexity index is 1210. The van der Waals surface area contributed by atoms with Crippen molar-refractivity contribution in [3.8, 4) is 11.5 Å². The highest BCUT2D eigenvalue weighted by Crippen LogP contribution is 2.32. The Balaban J connectivity index is 1.50. The second kappa shape index (κ2) is 6.02. The average molecular weight is 374 g/mol. The number of carbonyl (C=O) groups excluding carboxylic acids is 2. The number of halogens is 1. The lowest BCUT2D eigenvalue weighted by Gasteiger charge is -2.05. The number of amides is 2. The van der Waals surface area contributed by atoms with Gasteiger partial charge in [0.1, 0.15) is 17.3 Å². The molecule has 1 aliphatic rings. The average Bonchev–Trinajstić information content (AvgIpc) is 3.22. The quantitative estimate of drug-likeness (QED) is 0.556. The fourth-order valence-electron chi connectivity index (χ4n) is 3.30. The molecular formula is C21H13FN3O3+. The fraction of sp³-hybridized carbons (Fsp3) is 0. The number of hydrogen-bond acceptors (Lipinski definition) is 3. The fourth-order valence-corrected chi connectivity index (χ4v) is 3.30. The molecule has 0 atom stereocenters. The van der Waals surface area contributed by atoms with Crippen molar-refractivity contribution in [2.24, 2.45) is 0 Å². The van der Waals surface area contributed by atoms with Gasteiger partial charge in [-0.25, -0.2) is 19.1 Å². The first-order valence-electron chi connectivity index (χ1n) is 8.56. The molecule has 0 fully saturated rings. The zero-order valence-corrected chi connectivity index (χ0v) is 14.4. The van der Waals surface area contributed by atoms with Gasteiger partial charge in [0.15, 0.2) is 0 Å². The first-order valence-corrected chi connectivity index (χ1v) is 8.56. The maximum absolute atomic E-state index is 13.0. The number of aromatic amines is 2. The van der Waals surface area contributed by atoms with E-state index in [9.17, 15) is 14.0 Å². The van der Waals surface area contributed by atoms with Crippen LogP contribution in [-0.2, 0) is 0 Å². The van der Waals surface area contributed by atoms with Gasteiger partial charge < -0.3 is 4.74 Å². The molecule has 0 saturated heterocycles. The molecule has 0 spiro atoms. The number of hydrogen-bond donors (Lipinski definition) is 1. The summed E-state index contributed by atoms with van der Waals surface area (Å²) in [5.74, 6) is 0.316. The van der Waals surface area contributed by atoms with E-state index >= 15 is 0 Å². The van der Waals surface area contributed by atoms with Gasteiger partial charge in [0.25, 0.3) is 0 Å². The van der Waals surface area contributed by atoms with Crippen molar-refractivity contribution >= 4 is 28.5 Å². The summed E-state index contributed by atoms with van der Waals surface area (Å²) in [7, 11) is 0. The molecular weight excluding hydrogens is 361 g/mol. The van der Waals surface area contributed by atoms with Crippen LogP contribution in [0.1, 0.15) is 20.7 Å². The number of fused-ring (bicyclic) bond motifs is 2. The Kier molecular flexibility index (Phi) is 3.48. The SMILES string of the molecule is O=C1c2ccccc2C(=O)N1c1[nH+][nH]c2cc(Oc3ccc(F)cc3)ccc12. The van der Waals surface area contributed by atoms with Crippen LogP contribution in [0.5, 0.6) is 11.5 Å². The molecule has 2 heterocycles. The zero-order valence-electron chi connectivity index (χ0n) is 14.4. The summed E-state index contributed by atoms with van der Waals surface area (Å²) in [5.41, 5.74) is 1.42.